The molecule has 0 spiro atoms. The van der Waals surface area contributed by atoms with Gasteiger partial charge >= 0.3 is 0 Å². The predicted molar refractivity (Wildman–Crippen MR) is 80.1 cm³/mol. The van der Waals surface area contributed by atoms with Crippen molar-refractivity contribution in [2.75, 3.05) is 6.61 Å². The van der Waals surface area contributed by atoms with Crippen LogP contribution in [-0.4, -0.2) is 26.2 Å². The van der Waals surface area contributed by atoms with Crippen molar-refractivity contribution in [3.05, 3.63) is 54.0 Å². The van der Waals surface area contributed by atoms with E-state index in [-0.39, 0.29) is 6.61 Å². The number of nitrogens with zero attached hydrogens (tertiary/aromatic N) is 3. The summed E-state index contributed by atoms with van der Waals surface area (Å²) in [6.07, 6.45) is 1.81. The van der Waals surface area contributed by atoms with E-state index in [0.717, 1.165) is 28.3 Å². The summed E-state index contributed by atoms with van der Waals surface area (Å²) < 4.78 is 7.65. The zero-order valence-electron chi connectivity index (χ0n) is 11.9. The van der Waals surface area contributed by atoms with Crippen LogP contribution in [0.25, 0.3) is 11.2 Å². The maximum Gasteiger partial charge on any atom is 0.160 e. The first-order chi connectivity index (χ1) is 10.3. The minimum absolute atomic E-state index is 0.0410. The van der Waals surface area contributed by atoms with Crippen molar-refractivity contribution >= 4 is 11.2 Å². The Balaban J connectivity index is 1.91. The van der Waals surface area contributed by atoms with Crippen LogP contribution in [-0.2, 0) is 13.2 Å². The lowest BCUT2D eigenvalue weighted by Gasteiger charge is -2.08. The summed E-state index contributed by atoms with van der Waals surface area (Å²) in [4.78, 5) is 8.98. The van der Waals surface area contributed by atoms with Gasteiger partial charge in [-0.05, 0) is 30.7 Å². The largest absolute Gasteiger partial charge is 0.486 e. The lowest BCUT2D eigenvalue weighted by Crippen LogP contribution is -2.10. The van der Waals surface area contributed by atoms with Crippen molar-refractivity contribution in [3.8, 4) is 5.75 Å². The molecule has 0 amide bonds. The minimum Gasteiger partial charge on any atom is -0.486 e. The van der Waals surface area contributed by atoms with Gasteiger partial charge in [-0.15, -0.1) is 0 Å². The summed E-state index contributed by atoms with van der Waals surface area (Å²) in [6, 6.07) is 11.6. The van der Waals surface area contributed by atoms with E-state index < -0.39 is 0 Å². The maximum absolute atomic E-state index is 9.24. The molecule has 3 rings (SSSR count). The average Bonchev–Trinajstić information content (AvgIpc) is 2.84. The van der Waals surface area contributed by atoms with Crippen LogP contribution in [0.3, 0.4) is 0 Å². The van der Waals surface area contributed by atoms with Gasteiger partial charge in [0.05, 0.1) is 6.61 Å². The third-order valence-corrected chi connectivity index (χ3v) is 3.24. The van der Waals surface area contributed by atoms with Crippen LogP contribution in [0.4, 0.5) is 0 Å². The minimum atomic E-state index is 0.0410. The third-order valence-electron chi connectivity index (χ3n) is 3.24. The van der Waals surface area contributed by atoms with Gasteiger partial charge < -0.3 is 14.4 Å². The Bertz CT molecular complexity index is 738. The number of benzene rings is 1. The summed E-state index contributed by atoms with van der Waals surface area (Å²) in [6.45, 7) is 2.83. The summed E-state index contributed by atoms with van der Waals surface area (Å²) >= 11 is 0. The van der Waals surface area contributed by atoms with Crippen molar-refractivity contribution in [2.24, 2.45) is 0 Å². The highest BCUT2D eigenvalue weighted by molar-refractivity contribution is 5.72. The van der Waals surface area contributed by atoms with E-state index in [4.69, 9.17) is 4.74 Å². The fourth-order valence-corrected chi connectivity index (χ4v) is 2.27. The maximum atomic E-state index is 9.24. The average molecular weight is 283 g/mol. The molecule has 1 N–H and O–H groups in total. The number of aliphatic hydroxyl groups excluding tert-OH is 1. The molecule has 0 fully saturated rings. The van der Waals surface area contributed by atoms with Gasteiger partial charge in [0.15, 0.2) is 5.65 Å². The number of ether oxygens (including phenoxy) is 1. The number of pyridine rings is 1. The number of aromatic nitrogens is 3. The number of rotatable bonds is 5. The third kappa shape index (κ3) is 2.87. The summed E-state index contributed by atoms with van der Waals surface area (Å²) in [5.41, 5.74) is 2.67. The van der Waals surface area contributed by atoms with Crippen LogP contribution in [0.15, 0.2) is 42.6 Å². The van der Waals surface area contributed by atoms with Crippen LogP contribution in [0.2, 0.25) is 0 Å². The number of fused-ring (bicyclic) bond motifs is 1. The first-order valence-electron chi connectivity index (χ1n) is 6.88. The molecule has 0 saturated heterocycles. The van der Waals surface area contributed by atoms with E-state index in [2.05, 4.69) is 9.97 Å². The second-order valence-corrected chi connectivity index (χ2v) is 4.86. The van der Waals surface area contributed by atoms with Gasteiger partial charge in [-0.1, -0.05) is 18.2 Å². The van der Waals surface area contributed by atoms with E-state index >= 15 is 0 Å². The number of hydrogen-bond acceptors (Lipinski definition) is 4. The van der Waals surface area contributed by atoms with Gasteiger partial charge in [0.2, 0.25) is 0 Å². The van der Waals surface area contributed by atoms with Crippen LogP contribution >= 0.6 is 0 Å². The van der Waals surface area contributed by atoms with Gasteiger partial charge in [0.25, 0.3) is 0 Å². The van der Waals surface area contributed by atoms with Gasteiger partial charge in [-0.2, -0.15) is 0 Å². The molecule has 0 saturated carbocycles. The lowest BCUT2D eigenvalue weighted by atomic mass is 10.3. The highest BCUT2D eigenvalue weighted by atomic mass is 16.5. The molecule has 2 aromatic heterocycles. The molecule has 2 heterocycles. The number of aliphatic hydroxyl groups is 1. The predicted octanol–water partition coefficient (Wildman–Crippen LogP) is 2.31. The Morgan fingerprint density at radius 1 is 1.24 bits per heavy atom. The molecule has 5 nitrogen and oxygen atoms in total. The quantitative estimate of drug-likeness (QED) is 0.780. The van der Waals surface area contributed by atoms with Crippen molar-refractivity contribution in [3.63, 3.8) is 0 Å². The second-order valence-electron chi connectivity index (χ2n) is 4.86. The SMILES string of the molecule is Cc1cnc2c(c1)nc(COc1ccccc1)n2CCO. The molecule has 5 heteroatoms. The number of aryl methyl sites for hydroxylation is 1. The fraction of sp³-hybridized carbons (Fsp3) is 0.250. The molecule has 0 aliphatic rings. The fourth-order valence-electron chi connectivity index (χ4n) is 2.27. The summed E-state index contributed by atoms with van der Waals surface area (Å²) in [5.74, 6) is 1.56. The van der Waals surface area contributed by atoms with Crippen LogP contribution in [0.5, 0.6) is 5.75 Å². The molecule has 0 aliphatic carbocycles. The Morgan fingerprint density at radius 3 is 2.81 bits per heavy atom. The summed E-state index contributed by atoms with van der Waals surface area (Å²) in [5, 5.41) is 9.24. The first kappa shape index (κ1) is 13.6. The Hall–Kier alpha value is -2.40. The monoisotopic (exact) mass is 283 g/mol. The normalized spacial score (nSPS) is 11.0. The first-order valence-corrected chi connectivity index (χ1v) is 6.88. The van der Waals surface area contributed by atoms with Crippen molar-refractivity contribution < 1.29 is 9.84 Å². The van der Waals surface area contributed by atoms with Gasteiger partial charge in [-0.25, -0.2) is 9.97 Å². The smallest absolute Gasteiger partial charge is 0.160 e. The Kier molecular flexibility index (Phi) is 3.83. The Morgan fingerprint density at radius 2 is 2.05 bits per heavy atom. The van der Waals surface area contributed by atoms with Crippen LogP contribution < -0.4 is 4.74 Å². The van der Waals surface area contributed by atoms with Gasteiger partial charge in [0, 0.05) is 12.7 Å². The van der Waals surface area contributed by atoms with Crippen molar-refractivity contribution in [1.82, 2.24) is 14.5 Å². The molecule has 3 aromatic rings. The van der Waals surface area contributed by atoms with Crippen LogP contribution in [0, 0.1) is 6.92 Å². The molecule has 0 bridgehead atoms. The van der Waals surface area contributed by atoms with E-state index in [1.807, 2.05) is 47.9 Å². The van der Waals surface area contributed by atoms with Crippen LogP contribution in [0.1, 0.15) is 11.4 Å². The highest BCUT2D eigenvalue weighted by Crippen LogP contribution is 2.17. The molecule has 0 radical (unpaired) electrons. The zero-order valence-corrected chi connectivity index (χ0v) is 11.9. The number of imidazole rings is 1. The highest BCUT2D eigenvalue weighted by Gasteiger charge is 2.12. The van der Waals surface area contributed by atoms with E-state index in [1.54, 1.807) is 6.20 Å². The lowest BCUT2D eigenvalue weighted by molar-refractivity contribution is 0.260. The van der Waals surface area contributed by atoms with Crippen molar-refractivity contribution in [1.29, 1.82) is 0 Å². The molecule has 0 unspecified atom stereocenters. The summed E-state index contributed by atoms with van der Waals surface area (Å²) in [7, 11) is 0. The molecular formula is C16H17N3O2. The molecular weight excluding hydrogens is 266 g/mol. The van der Waals surface area contributed by atoms with E-state index in [1.165, 1.54) is 0 Å². The van der Waals surface area contributed by atoms with Gasteiger partial charge in [-0.3, -0.25) is 0 Å². The standard InChI is InChI=1S/C16H17N3O2/c1-12-9-14-16(17-10-12)19(7-8-20)15(18-14)11-21-13-5-3-2-4-6-13/h2-6,9-10,20H,7-8,11H2,1H3. The van der Waals surface area contributed by atoms with E-state index in [0.29, 0.717) is 13.2 Å². The molecule has 21 heavy (non-hydrogen) atoms. The van der Waals surface area contributed by atoms with E-state index in [9.17, 15) is 5.11 Å². The molecule has 0 aliphatic heterocycles. The number of hydrogen-bond donors (Lipinski definition) is 1. The molecule has 1 aromatic carbocycles. The zero-order chi connectivity index (χ0) is 14.7. The molecule has 0 atom stereocenters. The molecule has 108 valence electrons. The Labute approximate surface area is 122 Å². The van der Waals surface area contributed by atoms with Gasteiger partial charge in [0.1, 0.15) is 23.7 Å². The topological polar surface area (TPSA) is 60.2 Å². The second kappa shape index (κ2) is 5.93. The van der Waals surface area contributed by atoms with Crippen molar-refractivity contribution in [2.45, 2.75) is 20.1 Å². The number of para-hydroxylation sites is 1.